The molecule has 0 aliphatic heterocycles. The Morgan fingerprint density at radius 2 is 2.00 bits per heavy atom. The van der Waals surface area contributed by atoms with Crippen LogP contribution in [0.4, 0.5) is 5.82 Å². The van der Waals surface area contributed by atoms with Gasteiger partial charge in [-0.15, -0.1) is 0 Å². The van der Waals surface area contributed by atoms with Crippen molar-refractivity contribution in [2.75, 3.05) is 11.9 Å². The largest absolute Gasteiger partial charge is 0.369 e. The Hall–Kier alpha value is -1.97. The Morgan fingerprint density at radius 3 is 2.62 bits per heavy atom. The summed E-state index contributed by atoms with van der Waals surface area (Å²) in [7, 11) is 0. The second kappa shape index (κ2) is 5.43. The summed E-state index contributed by atoms with van der Waals surface area (Å²) in [6.07, 6.45) is 5.66. The van der Waals surface area contributed by atoms with Gasteiger partial charge in [0.2, 0.25) is 0 Å². The van der Waals surface area contributed by atoms with Crippen molar-refractivity contribution in [2.24, 2.45) is 5.41 Å². The van der Waals surface area contributed by atoms with Crippen LogP contribution in [0.15, 0.2) is 24.4 Å². The fourth-order valence-corrected chi connectivity index (χ4v) is 2.51. The molecule has 1 N–H and O–H groups in total. The molecule has 21 heavy (non-hydrogen) atoms. The second-order valence-electron chi connectivity index (χ2n) is 6.03. The van der Waals surface area contributed by atoms with Gasteiger partial charge in [0, 0.05) is 24.0 Å². The average Bonchev–Trinajstić information content (AvgIpc) is 3.30. The first-order valence-electron chi connectivity index (χ1n) is 7.64. The van der Waals surface area contributed by atoms with Crippen LogP contribution < -0.4 is 5.32 Å². The Morgan fingerprint density at radius 1 is 1.19 bits per heavy atom. The summed E-state index contributed by atoms with van der Waals surface area (Å²) in [6, 6.07) is 5.81. The van der Waals surface area contributed by atoms with Gasteiger partial charge in [0.15, 0.2) is 5.82 Å². The zero-order valence-corrected chi connectivity index (χ0v) is 13.0. The topological polar surface area (TPSA) is 50.7 Å². The maximum Gasteiger partial charge on any atom is 0.180 e. The van der Waals surface area contributed by atoms with E-state index in [-0.39, 0.29) is 0 Å². The van der Waals surface area contributed by atoms with E-state index in [1.165, 1.54) is 19.3 Å². The fourth-order valence-electron chi connectivity index (χ4n) is 2.51. The van der Waals surface area contributed by atoms with Crippen molar-refractivity contribution in [1.29, 1.82) is 0 Å². The number of hydrogen-bond acceptors (Lipinski definition) is 4. The lowest BCUT2D eigenvalue weighted by Gasteiger charge is -2.16. The number of hydrogen-bond donors (Lipinski definition) is 1. The minimum Gasteiger partial charge on any atom is -0.369 e. The molecule has 0 unspecified atom stereocenters. The smallest absolute Gasteiger partial charge is 0.180 e. The van der Waals surface area contributed by atoms with E-state index in [2.05, 4.69) is 34.1 Å². The Bertz CT molecular complexity index is 633. The maximum absolute atomic E-state index is 4.68. The summed E-state index contributed by atoms with van der Waals surface area (Å²) < 4.78 is 0. The van der Waals surface area contributed by atoms with E-state index in [0.29, 0.717) is 11.2 Å². The maximum atomic E-state index is 4.68. The molecule has 0 atom stereocenters. The quantitative estimate of drug-likeness (QED) is 0.907. The first-order chi connectivity index (χ1) is 10.1. The highest BCUT2D eigenvalue weighted by Crippen LogP contribution is 2.48. The van der Waals surface area contributed by atoms with Gasteiger partial charge in [0.25, 0.3) is 0 Å². The molecule has 2 heterocycles. The summed E-state index contributed by atoms with van der Waals surface area (Å²) in [5.74, 6) is 1.64. The van der Waals surface area contributed by atoms with Crippen molar-refractivity contribution < 1.29 is 0 Å². The molecule has 4 heteroatoms. The summed E-state index contributed by atoms with van der Waals surface area (Å²) in [5.41, 5.74) is 3.45. The lowest BCUT2D eigenvalue weighted by molar-refractivity contribution is 0.520. The third-order valence-electron chi connectivity index (χ3n) is 4.62. The van der Waals surface area contributed by atoms with E-state index >= 15 is 0 Å². The van der Waals surface area contributed by atoms with Gasteiger partial charge < -0.3 is 5.32 Å². The number of aryl methyl sites for hydroxylation is 1. The zero-order chi connectivity index (χ0) is 14.9. The monoisotopic (exact) mass is 282 g/mol. The fraction of sp³-hybridized carbons (Fsp3) is 0.471. The highest BCUT2D eigenvalue weighted by atomic mass is 15.1. The van der Waals surface area contributed by atoms with Gasteiger partial charge in [0.05, 0.1) is 0 Å². The summed E-state index contributed by atoms with van der Waals surface area (Å²) in [5, 5.41) is 3.54. The predicted molar refractivity (Wildman–Crippen MR) is 85.2 cm³/mol. The number of rotatable bonds is 5. The molecular formula is C17H22N4. The van der Waals surface area contributed by atoms with Crippen LogP contribution in [0, 0.1) is 19.3 Å². The van der Waals surface area contributed by atoms with Crippen LogP contribution >= 0.6 is 0 Å². The van der Waals surface area contributed by atoms with E-state index in [1.54, 1.807) is 6.20 Å². The van der Waals surface area contributed by atoms with E-state index in [1.807, 2.05) is 25.1 Å². The van der Waals surface area contributed by atoms with Crippen molar-refractivity contribution in [2.45, 2.75) is 40.0 Å². The molecule has 0 bridgehead atoms. The lowest BCUT2D eigenvalue weighted by atomic mass is 10.0. The van der Waals surface area contributed by atoms with E-state index in [0.717, 1.165) is 29.3 Å². The van der Waals surface area contributed by atoms with Crippen LogP contribution in [0.2, 0.25) is 0 Å². The van der Waals surface area contributed by atoms with Crippen LogP contribution in [-0.2, 0) is 0 Å². The molecule has 0 radical (unpaired) electrons. The van der Waals surface area contributed by atoms with Gasteiger partial charge in [0.1, 0.15) is 11.5 Å². The summed E-state index contributed by atoms with van der Waals surface area (Å²) >= 11 is 0. The van der Waals surface area contributed by atoms with Gasteiger partial charge >= 0.3 is 0 Å². The molecule has 1 aliphatic rings. The SMILES string of the molecule is CCC1(CNc2nc(-c3ccccn3)nc(C)c2C)CC1. The highest BCUT2D eigenvalue weighted by Gasteiger charge is 2.40. The second-order valence-corrected chi connectivity index (χ2v) is 6.03. The molecule has 0 amide bonds. The molecule has 0 spiro atoms. The number of nitrogens with one attached hydrogen (secondary N) is 1. The van der Waals surface area contributed by atoms with Gasteiger partial charge in [-0.25, -0.2) is 9.97 Å². The number of aromatic nitrogens is 3. The van der Waals surface area contributed by atoms with Crippen molar-refractivity contribution in [3.8, 4) is 11.5 Å². The van der Waals surface area contributed by atoms with Gasteiger partial charge in [-0.3, -0.25) is 4.98 Å². The van der Waals surface area contributed by atoms with Gasteiger partial charge in [-0.2, -0.15) is 0 Å². The normalized spacial score (nSPS) is 15.8. The van der Waals surface area contributed by atoms with Crippen molar-refractivity contribution in [3.05, 3.63) is 35.7 Å². The molecule has 4 nitrogen and oxygen atoms in total. The molecule has 110 valence electrons. The van der Waals surface area contributed by atoms with Gasteiger partial charge in [-0.1, -0.05) is 13.0 Å². The zero-order valence-electron chi connectivity index (χ0n) is 13.0. The number of nitrogens with zero attached hydrogens (tertiary/aromatic N) is 3. The molecule has 2 aromatic rings. The third-order valence-corrected chi connectivity index (χ3v) is 4.62. The van der Waals surface area contributed by atoms with Crippen LogP contribution in [0.25, 0.3) is 11.5 Å². The Balaban J connectivity index is 1.87. The molecule has 1 aliphatic carbocycles. The Labute approximate surface area is 126 Å². The van der Waals surface area contributed by atoms with Crippen molar-refractivity contribution >= 4 is 5.82 Å². The van der Waals surface area contributed by atoms with Crippen LogP contribution in [0.5, 0.6) is 0 Å². The molecule has 2 aromatic heterocycles. The molecule has 1 fully saturated rings. The van der Waals surface area contributed by atoms with Crippen molar-refractivity contribution in [1.82, 2.24) is 15.0 Å². The minimum atomic E-state index is 0.496. The minimum absolute atomic E-state index is 0.496. The molecule has 0 saturated heterocycles. The molecule has 3 rings (SSSR count). The molecule has 0 aromatic carbocycles. The van der Waals surface area contributed by atoms with Crippen LogP contribution in [0.1, 0.15) is 37.4 Å². The summed E-state index contributed by atoms with van der Waals surface area (Å²) in [4.78, 5) is 13.6. The number of pyridine rings is 1. The lowest BCUT2D eigenvalue weighted by Crippen LogP contribution is -2.17. The first kappa shape index (κ1) is 14.0. The third kappa shape index (κ3) is 2.89. The van der Waals surface area contributed by atoms with E-state index in [9.17, 15) is 0 Å². The average molecular weight is 282 g/mol. The first-order valence-corrected chi connectivity index (χ1v) is 7.64. The van der Waals surface area contributed by atoms with E-state index < -0.39 is 0 Å². The molecular weight excluding hydrogens is 260 g/mol. The summed E-state index contributed by atoms with van der Waals surface area (Å²) in [6.45, 7) is 7.38. The number of anilines is 1. The van der Waals surface area contributed by atoms with Crippen molar-refractivity contribution in [3.63, 3.8) is 0 Å². The van der Waals surface area contributed by atoms with E-state index in [4.69, 9.17) is 0 Å². The van der Waals surface area contributed by atoms with Gasteiger partial charge in [-0.05, 0) is 50.7 Å². The predicted octanol–water partition coefficient (Wildman–Crippen LogP) is 3.76. The highest BCUT2D eigenvalue weighted by molar-refractivity contribution is 5.56. The Kier molecular flexibility index (Phi) is 3.62. The standard InChI is InChI=1S/C17H22N4/c1-4-17(8-9-17)11-19-15-12(2)13(3)20-16(21-15)14-7-5-6-10-18-14/h5-7,10H,4,8-9,11H2,1-3H3,(H,19,20,21). The van der Waals surface area contributed by atoms with Crippen LogP contribution in [-0.4, -0.2) is 21.5 Å². The van der Waals surface area contributed by atoms with Crippen LogP contribution in [0.3, 0.4) is 0 Å². The molecule has 1 saturated carbocycles.